The highest BCUT2D eigenvalue weighted by Crippen LogP contribution is 2.45. The Bertz CT molecular complexity index is 1420. The number of rotatable bonds is 1. The second-order valence-electron chi connectivity index (χ2n) is 6.52. The molecule has 0 spiro atoms. The molecule has 3 heterocycles. The number of para-hydroxylation sites is 2. The Morgan fingerprint density at radius 1 is 0.692 bits per heavy atom. The summed E-state index contributed by atoms with van der Waals surface area (Å²) in [5.41, 5.74) is 4.47. The highest BCUT2D eigenvalue weighted by atomic mass is 32.1. The van der Waals surface area contributed by atoms with Crippen molar-refractivity contribution in [3.63, 3.8) is 0 Å². The predicted molar refractivity (Wildman–Crippen MR) is 112 cm³/mol. The molecule has 0 unspecified atom stereocenters. The summed E-state index contributed by atoms with van der Waals surface area (Å²) in [6, 6.07) is 27.5. The van der Waals surface area contributed by atoms with Crippen LogP contribution in [-0.2, 0) is 0 Å². The molecule has 0 bridgehead atoms. The van der Waals surface area contributed by atoms with Crippen molar-refractivity contribution in [2.75, 3.05) is 0 Å². The molecule has 0 amide bonds. The maximum Gasteiger partial charge on any atom is 0.102 e. The molecule has 3 aromatic carbocycles. The number of fused-ring (bicyclic) bond motifs is 7. The maximum atomic E-state index is 5.03. The van der Waals surface area contributed by atoms with E-state index in [9.17, 15) is 0 Å². The summed E-state index contributed by atoms with van der Waals surface area (Å²) in [7, 11) is 0. The van der Waals surface area contributed by atoms with Gasteiger partial charge in [-0.25, -0.2) is 4.98 Å². The molecule has 0 saturated heterocycles. The SMILES string of the molecule is c1ccc(-c2nc3ccccc3c3c2sc2[nH]c4ccccc4c23)cc1. The van der Waals surface area contributed by atoms with E-state index >= 15 is 0 Å². The Balaban J connectivity index is 1.90. The number of benzene rings is 3. The van der Waals surface area contributed by atoms with E-state index in [1.165, 1.54) is 36.6 Å². The average Bonchev–Trinajstić information content (AvgIpc) is 3.24. The normalized spacial score (nSPS) is 11.8. The van der Waals surface area contributed by atoms with E-state index in [2.05, 4.69) is 77.8 Å². The number of aromatic amines is 1. The lowest BCUT2D eigenvalue weighted by atomic mass is 10.0. The average molecular weight is 350 g/mol. The minimum Gasteiger partial charge on any atom is -0.346 e. The number of nitrogens with zero attached hydrogens (tertiary/aromatic N) is 1. The van der Waals surface area contributed by atoms with Crippen LogP contribution in [0, 0.1) is 0 Å². The Hall–Kier alpha value is -3.17. The van der Waals surface area contributed by atoms with Crippen LogP contribution >= 0.6 is 11.3 Å². The van der Waals surface area contributed by atoms with Gasteiger partial charge >= 0.3 is 0 Å². The van der Waals surface area contributed by atoms with E-state index in [-0.39, 0.29) is 0 Å². The number of nitrogens with one attached hydrogen (secondary N) is 1. The topological polar surface area (TPSA) is 28.7 Å². The molecule has 6 aromatic rings. The quantitative estimate of drug-likeness (QED) is 0.349. The van der Waals surface area contributed by atoms with Crippen molar-refractivity contribution < 1.29 is 0 Å². The lowest BCUT2D eigenvalue weighted by Gasteiger charge is -2.07. The summed E-state index contributed by atoms with van der Waals surface area (Å²) < 4.78 is 1.25. The lowest BCUT2D eigenvalue weighted by Crippen LogP contribution is -1.86. The van der Waals surface area contributed by atoms with E-state index in [0.29, 0.717) is 0 Å². The molecule has 0 radical (unpaired) electrons. The monoisotopic (exact) mass is 350 g/mol. The van der Waals surface area contributed by atoms with Gasteiger partial charge in [0.15, 0.2) is 0 Å². The van der Waals surface area contributed by atoms with Crippen molar-refractivity contribution in [3.8, 4) is 11.3 Å². The molecule has 0 aliphatic carbocycles. The molecule has 3 heteroatoms. The summed E-state index contributed by atoms with van der Waals surface area (Å²) >= 11 is 1.81. The summed E-state index contributed by atoms with van der Waals surface area (Å²) in [6.45, 7) is 0. The molecular weight excluding hydrogens is 336 g/mol. The van der Waals surface area contributed by atoms with Crippen LogP contribution in [0.3, 0.4) is 0 Å². The highest BCUT2D eigenvalue weighted by Gasteiger charge is 2.18. The predicted octanol–water partition coefficient (Wildman–Crippen LogP) is 6.75. The molecule has 122 valence electrons. The van der Waals surface area contributed by atoms with Gasteiger partial charge in [0.1, 0.15) is 4.83 Å². The molecule has 0 aliphatic rings. The second kappa shape index (κ2) is 5.16. The molecule has 26 heavy (non-hydrogen) atoms. The fourth-order valence-electron chi connectivity index (χ4n) is 3.88. The van der Waals surface area contributed by atoms with Crippen molar-refractivity contribution >= 4 is 53.4 Å². The molecule has 0 fully saturated rings. The van der Waals surface area contributed by atoms with Crippen molar-refractivity contribution in [1.29, 1.82) is 0 Å². The highest BCUT2D eigenvalue weighted by molar-refractivity contribution is 7.26. The van der Waals surface area contributed by atoms with E-state index in [1.54, 1.807) is 11.3 Å². The fraction of sp³-hybridized carbons (Fsp3) is 0. The first kappa shape index (κ1) is 14.0. The summed E-state index contributed by atoms with van der Waals surface area (Å²) in [6.07, 6.45) is 0. The third-order valence-corrected chi connectivity index (χ3v) is 6.13. The van der Waals surface area contributed by atoms with Gasteiger partial charge in [-0.3, -0.25) is 0 Å². The molecular formula is C23H14N2S. The van der Waals surface area contributed by atoms with Gasteiger partial charge in [-0.05, 0) is 12.1 Å². The van der Waals surface area contributed by atoms with Gasteiger partial charge in [0, 0.05) is 32.6 Å². The number of H-pyrrole nitrogens is 1. The summed E-state index contributed by atoms with van der Waals surface area (Å²) in [4.78, 5) is 9.85. The minimum atomic E-state index is 1.05. The zero-order chi connectivity index (χ0) is 17.1. The summed E-state index contributed by atoms with van der Waals surface area (Å²) in [5.74, 6) is 0. The van der Waals surface area contributed by atoms with Crippen molar-refractivity contribution in [2.24, 2.45) is 0 Å². The molecule has 0 aliphatic heterocycles. The van der Waals surface area contributed by atoms with Crippen LogP contribution in [0.5, 0.6) is 0 Å². The van der Waals surface area contributed by atoms with Crippen molar-refractivity contribution in [1.82, 2.24) is 9.97 Å². The first-order valence-electron chi connectivity index (χ1n) is 8.67. The van der Waals surface area contributed by atoms with Gasteiger partial charge in [-0.2, -0.15) is 0 Å². The van der Waals surface area contributed by atoms with E-state index in [0.717, 1.165) is 16.8 Å². The first-order chi connectivity index (χ1) is 12.9. The molecule has 3 aromatic heterocycles. The van der Waals surface area contributed by atoms with Crippen LogP contribution in [0.1, 0.15) is 0 Å². The zero-order valence-electron chi connectivity index (χ0n) is 13.9. The van der Waals surface area contributed by atoms with Gasteiger partial charge in [0.2, 0.25) is 0 Å². The minimum absolute atomic E-state index is 1.05. The number of thiophene rings is 1. The smallest absolute Gasteiger partial charge is 0.102 e. The molecule has 0 atom stereocenters. The van der Waals surface area contributed by atoms with Crippen LogP contribution in [0.15, 0.2) is 78.9 Å². The van der Waals surface area contributed by atoms with Crippen LogP contribution in [0.4, 0.5) is 0 Å². The van der Waals surface area contributed by atoms with Gasteiger partial charge < -0.3 is 4.98 Å². The van der Waals surface area contributed by atoms with E-state index in [4.69, 9.17) is 4.98 Å². The Morgan fingerprint density at radius 2 is 1.42 bits per heavy atom. The lowest BCUT2D eigenvalue weighted by molar-refractivity contribution is 1.44. The molecule has 2 nitrogen and oxygen atoms in total. The van der Waals surface area contributed by atoms with Crippen LogP contribution in [-0.4, -0.2) is 9.97 Å². The largest absolute Gasteiger partial charge is 0.346 e. The van der Waals surface area contributed by atoms with Crippen LogP contribution in [0.2, 0.25) is 0 Å². The van der Waals surface area contributed by atoms with Gasteiger partial charge in [0.25, 0.3) is 0 Å². The Morgan fingerprint density at radius 3 is 2.31 bits per heavy atom. The maximum absolute atomic E-state index is 5.03. The van der Waals surface area contributed by atoms with Crippen LogP contribution in [0.25, 0.3) is 53.4 Å². The number of aromatic nitrogens is 2. The first-order valence-corrected chi connectivity index (χ1v) is 9.49. The molecule has 0 saturated carbocycles. The van der Waals surface area contributed by atoms with Crippen LogP contribution < -0.4 is 0 Å². The van der Waals surface area contributed by atoms with Crippen molar-refractivity contribution in [3.05, 3.63) is 78.9 Å². The summed E-state index contributed by atoms with van der Waals surface area (Å²) in [5, 5.41) is 5.13. The molecule has 6 rings (SSSR count). The Kier molecular flexibility index (Phi) is 2.79. The van der Waals surface area contributed by atoms with E-state index < -0.39 is 0 Å². The standard InChI is InChI=1S/C23H14N2S/c1-2-8-14(9-3-1)21-22-19(15-10-4-6-12-17(15)24-21)20-16-11-5-7-13-18(16)25-23(20)26-22/h1-13,25H. The van der Waals surface area contributed by atoms with E-state index in [1.807, 2.05) is 6.07 Å². The molecule has 1 N–H and O–H groups in total. The van der Waals surface area contributed by atoms with Gasteiger partial charge in [-0.15, -0.1) is 11.3 Å². The van der Waals surface area contributed by atoms with Gasteiger partial charge in [0.05, 0.1) is 15.9 Å². The fourth-order valence-corrected chi connectivity index (χ4v) is 5.13. The number of pyridine rings is 1. The number of hydrogen-bond acceptors (Lipinski definition) is 2. The van der Waals surface area contributed by atoms with Crippen molar-refractivity contribution in [2.45, 2.75) is 0 Å². The third kappa shape index (κ3) is 1.83. The number of hydrogen-bond donors (Lipinski definition) is 1. The second-order valence-corrected chi connectivity index (χ2v) is 7.55. The third-order valence-electron chi connectivity index (χ3n) is 5.02. The Labute approximate surface area is 153 Å². The zero-order valence-corrected chi connectivity index (χ0v) is 14.7. The van der Waals surface area contributed by atoms with Gasteiger partial charge in [-0.1, -0.05) is 66.7 Å².